The van der Waals surface area contributed by atoms with E-state index in [1.807, 2.05) is 24.3 Å². The van der Waals surface area contributed by atoms with Crippen molar-refractivity contribution in [3.8, 4) is 0 Å². The molecule has 4 rings (SSSR count). The number of halogens is 1. The van der Waals surface area contributed by atoms with E-state index in [0.29, 0.717) is 17.9 Å². The standard InChI is InChI=1S/C19H20ClN5O2/c20-18-17(25-6-2-1-3-16(25)23-18)19(26)22-12-14-4-5-15(21-11-14)13-24-7-9-27-10-8-24/h1-6,11H,7-10,12-13H2,(H,22,26). The molecule has 0 saturated carbocycles. The first-order valence-corrected chi connectivity index (χ1v) is 9.23. The summed E-state index contributed by atoms with van der Waals surface area (Å²) in [6.07, 6.45) is 3.57. The maximum Gasteiger partial charge on any atom is 0.271 e. The van der Waals surface area contributed by atoms with Gasteiger partial charge in [-0.25, -0.2) is 4.98 Å². The Morgan fingerprint density at radius 2 is 2.07 bits per heavy atom. The summed E-state index contributed by atoms with van der Waals surface area (Å²) in [7, 11) is 0. The number of nitrogens with one attached hydrogen (secondary N) is 1. The molecule has 140 valence electrons. The van der Waals surface area contributed by atoms with Crippen LogP contribution in [0, 0.1) is 0 Å². The lowest BCUT2D eigenvalue weighted by atomic mass is 10.2. The maximum atomic E-state index is 12.5. The van der Waals surface area contributed by atoms with Gasteiger partial charge in [-0.3, -0.25) is 19.1 Å². The van der Waals surface area contributed by atoms with Crippen LogP contribution >= 0.6 is 11.6 Å². The summed E-state index contributed by atoms with van der Waals surface area (Å²) in [5.74, 6) is -0.268. The van der Waals surface area contributed by atoms with Crippen molar-refractivity contribution in [1.29, 1.82) is 0 Å². The highest BCUT2D eigenvalue weighted by molar-refractivity contribution is 6.32. The number of amides is 1. The van der Waals surface area contributed by atoms with Gasteiger partial charge in [-0.1, -0.05) is 23.7 Å². The zero-order chi connectivity index (χ0) is 18.6. The number of carbonyl (C=O) groups excluding carboxylic acids is 1. The Bertz CT molecular complexity index is 935. The van der Waals surface area contributed by atoms with E-state index in [1.54, 1.807) is 22.9 Å². The van der Waals surface area contributed by atoms with Gasteiger partial charge in [0.2, 0.25) is 0 Å². The number of rotatable bonds is 5. The van der Waals surface area contributed by atoms with Crippen LogP contribution in [0.1, 0.15) is 21.7 Å². The average Bonchev–Trinajstić information content (AvgIpc) is 3.04. The van der Waals surface area contributed by atoms with Crippen LogP contribution < -0.4 is 5.32 Å². The number of imidazole rings is 1. The first-order valence-electron chi connectivity index (χ1n) is 8.85. The van der Waals surface area contributed by atoms with Gasteiger partial charge in [0.1, 0.15) is 5.65 Å². The van der Waals surface area contributed by atoms with Crippen molar-refractivity contribution in [3.05, 3.63) is 64.8 Å². The number of hydrogen-bond donors (Lipinski definition) is 1. The molecule has 0 unspecified atom stereocenters. The van der Waals surface area contributed by atoms with Gasteiger partial charge in [0.25, 0.3) is 5.91 Å². The smallest absolute Gasteiger partial charge is 0.271 e. The number of carbonyl (C=O) groups is 1. The lowest BCUT2D eigenvalue weighted by Gasteiger charge is -2.26. The van der Waals surface area contributed by atoms with Crippen LogP contribution in [0.4, 0.5) is 0 Å². The molecule has 0 aliphatic carbocycles. The van der Waals surface area contributed by atoms with E-state index < -0.39 is 0 Å². The van der Waals surface area contributed by atoms with Gasteiger partial charge in [-0.15, -0.1) is 0 Å². The Hall–Kier alpha value is -2.48. The number of pyridine rings is 2. The fourth-order valence-corrected chi connectivity index (χ4v) is 3.34. The number of fused-ring (bicyclic) bond motifs is 1. The fourth-order valence-electron chi connectivity index (χ4n) is 3.08. The van der Waals surface area contributed by atoms with Crippen molar-refractivity contribution in [3.63, 3.8) is 0 Å². The molecule has 3 aromatic rings. The van der Waals surface area contributed by atoms with Gasteiger partial charge < -0.3 is 10.1 Å². The van der Waals surface area contributed by atoms with Crippen molar-refractivity contribution >= 4 is 23.2 Å². The molecule has 1 saturated heterocycles. The molecule has 1 aliphatic rings. The van der Waals surface area contributed by atoms with E-state index >= 15 is 0 Å². The molecule has 7 nitrogen and oxygen atoms in total. The molecule has 0 radical (unpaired) electrons. The predicted octanol–water partition coefficient (Wildman–Crippen LogP) is 2.14. The van der Waals surface area contributed by atoms with Gasteiger partial charge >= 0.3 is 0 Å². The van der Waals surface area contributed by atoms with Crippen molar-refractivity contribution in [2.45, 2.75) is 13.1 Å². The molecule has 8 heteroatoms. The molecule has 1 aliphatic heterocycles. The van der Waals surface area contributed by atoms with E-state index in [4.69, 9.17) is 16.3 Å². The highest BCUT2D eigenvalue weighted by atomic mass is 35.5. The average molecular weight is 386 g/mol. The van der Waals surface area contributed by atoms with E-state index in [9.17, 15) is 4.79 Å². The van der Waals surface area contributed by atoms with Gasteiger partial charge in [-0.05, 0) is 23.8 Å². The van der Waals surface area contributed by atoms with Crippen LogP contribution in [0.5, 0.6) is 0 Å². The molecule has 27 heavy (non-hydrogen) atoms. The Kier molecular flexibility index (Phi) is 5.33. The molecule has 1 N–H and O–H groups in total. The summed E-state index contributed by atoms with van der Waals surface area (Å²) in [6, 6.07) is 9.47. The first-order chi connectivity index (χ1) is 13.2. The van der Waals surface area contributed by atoms with Gasteiger partial charge in [-0.2, -0.15) is 0 Å². The van der Waals surface area contributed by atoms with E-state index in [-0.39, 0.29) is 11.1 Å². The third-order valence-corrected chi connectivity index (χ3v) is 4.79. The Labute approximate surface area is 161 Å². The Morgan fingerprint density at radius 1 is 1.22 bits per heavy atom. The van der Waals surface area contributed by atoms with Crippen LogP contribution in [0.2, 0.25) is 5.15 Å². The lowest BCUT2D eigenvalue weighted by Crippen LogP contribution is -2.35. The number of hydrogen-bond acceptors (Lipinski definition) is 5. The van der Waals surface area contributed by atoms with Crippen LogP contribution in [-0.2, 0) is 17.8 Å². The van der Waals surface area contributed by atoms with Gasteiger partial charge in [0, 0.05) is 38.6 Å². The summed E-state index contributed by atoms with van der Waals surface area (Å²) in [5.41, 5.74) is 2.92. The van der Waals surface area contributed by atoms with Crippen molar-refractivity contribution in [2.75, 3.05) is 26.3 Å². The fraction of sp³-hybridized carbons (Fsp3) is 0.316. The predicted molar refractivity (Wildman–Crippen MR) is 102 cm³/mol. The minimum absolute atomic E-state index is 0.192. The van der Waals surface area contributed by atoms with Crippen LogP contribution in [0.15, 0.2) is 42.7 Å². The summed E-state index contributed by atoms with van der Waals surface area (Å²) in [4.78, 5) is 23.6. The molecule has 0 spiro atoms. The maximum absolute atomic E-state index is 12.5. The molecule has 1 fully saturated rings. The second kappa shape index (κ2) is 8.04. The first kappa shape index (κ1) is 17.9. The third kappa shape index (κ3) is 4.10. The Morgan fingerprint density at radius 3 is 2.85 bits per heavy atom. The zero-order valence-corrected chi connectivity index (χ0v) is 15.5. The van der Waals surface area contributed by atoms with Crippen LogP contribution in [-0.4, -0.2) is 51.5 Å². The highest BCUT2D eigenvalue weighted by Crippen LogP contribution is 2.17. The number of morpholine rings is 1. The van der Waals surface area contributed by atoms with Crippen LogP contribution in [0.3, 0.4) is 0 Å². The van der Waals surface area contributed by atoms with Gasteiger partial charge in [0.05, 0.1) is 18.9 Å². The normalized spacial score (nSPS) is 15.1. The zero-order valence-electron chi connectivity index (χ0n) is 14.8. The molecule has 4 heterocycles. The highest BCUT2D eigenvalue weighted by Gasteiger charge is 2.17. The van der Waals surface area contributed by atoms with E-state index in [0.717, 1.165) is 44.1 Å². The number of aromatic nitrogens is 3. The topological polar surface area (TPSA) is 71.8 Å². The van der Waals surface area contributed by atoms with Crippen molar-refractivity contribution in [1.82, 2.24) is 24.6 Å². The number of nitrogens with zero attached hydrogens (tertiary/aromatic N) is 4. The SMILES string of the molecule is O=C(NCc1ccc(CN2CCOCC2)nc1)c1c(Cl)nc2ccccn12. The molecular weight excluding hydrogens is 366 g/mol. The largest absolute Gasteiger partial charge is 0.379 e. The molecule has 1 amide bonds. The summed E-state index contributed by atoms with van der Waals surface area (Å²) in [6.45, 7) is 4.60. The second-order valence-electron chi connectivity index (χ2n) is 6.41. The molecular formula is C19H20ClN5O2. The van der Waals surface area contributed by atoms with Crippen molar-refractivity contribution in [2.24, 2.45) is 0 Å². The lowest BCUT2D eigenvalue weighted by molar-refractivity contribution is 0.0336. The van der Waals surface area contributed by atoms with Crippen LogP contribution in [0.25, 0.3) is 5.65 Å². The minimum Gasteiger partial charge on any atom is -0.379 e. The molecule has 0 aromatic carbocycles. The number of ether oxygens (including phenoxy) is 1. The van der Waals surface area contributed by atoms with E-state index in [1.165, 1.54) is 0 Å². The summed E-state index contributed by atoms with van der Waals surface area (Å²) in [5, 5.41) is 3.08. The Balaban J connectivity index is 1.38. The summed E-state index contributed by atoms with van der Waals surface area (Å²) >= 11 is 6.14. The molecule has 0 atom stereocenters. The molecule has 3 aromatic heterocycles. The monoisotopic (exact) mass is 385 g/mol. The molecule has 0 bridgehead atoms. The second-order valence-corrected chi connectivity index (χ2v) is 6.77. The van der Waals surface area contributed by atoms with Crippen molar-refractivity contribution < 1.29 is 9.53 Å². The third-order valence-electron chi connectivity index (χ3n) is 4.53. The minimum atomic E-state index is -0.268. The van der Waals surface area contributed by atoms with E-state index in [2.05, 4.69) is 20.2 Å². The van der Waals surface area contributed by atoms with Gasteiger partial charge in [0.15, 0.2) is 10.8 Å². The summed E-state index contributed by atoms with van der Waals surface area (Å²) < 4.78 is 7.04. The quantitative estimate of drug-likeness (QED) is 0.728.